The van der Waals surface area contributed by atoms with Gasteiger partial charge in [-0.1, -0.05) is 11.9 Å². The molecule has 1 aromatic carbocycles. The van der Waals surface area contributed by atoms with E-state index < -0.39 is 12.3 Å². The molecule has 0 aliphatic carbocycles. The molecule has 1 fully saturated rings. The van der Waals surface area contributed by atoms with E-state index in [1.165, 1.54) is 36.2 Å². The van der Waals surface area contributed by atoms with Crippen molar-refractivity contribution in [2.75, 3.05) is 18.8 Å². The lowest BCUT2D eigenvalue weighted by atomic mass is 10.1. The lowest BCUT2D eigenvalue weighted by molar-refractivity contribution is -0.274. The van der Waals surface area contributed by atoms with Crippen molar-refractivity contribution >= 4 is 17.9 Å². The smallest absolute Gasteiger partial charge is 0.490 e. The van der Waals surface area contributed by atoms with Gasteiger partial charge in [0.15, 0.2) is 0 Å². The van der Waals surface area contributed by atoms with Crippen molar-refractivity contribution in [2.45, 2.75) is 25.3 Å². The quantitative estimate of drug-likeness (QED) is 0.458. The number of hydrogen-bond donors (Lipinski definition) is 2. The Morgan fingerprint density at radius 1 is 1.25 bits per heavy atom. The van der Waals surface area contributed by atoms with Gasteiger partial charge in [-0.05, 0) is 37.1 Å². The molecule has 134 valence electrons. The topological polar surface area (TPSA) is 71.0 Å². The first-order chi connectivity index (χ1) is 11.4. The second-order valence-electron chi connectivity index (χ2n) is 5.07. The van der Waals surface area contributed by atoms with Crippen molar-refractivity contribution in [3.8, 4) is 11.5 Å². The Morgan fingerprint density at radius 2 is 1.83 bits per heavy atom. The first kappa shape index (κ1) is 18.7. The monoisotopic (exact) mass is 366 g/mol. The number of alkyl halides is 3. The normalized spacial score (nSPS) is 16.7. The number of hydroxylamine groups is 1. The fourth-order valence-corrected chi connectivity index (χ4v) is 3.01. The van der Waals surface area contributed by atoms with Crippen LogP contribution >= 0.6 is 11.9 Å². The molecular weight excluding hydrogens is 349 g/mol. The van der Waals surface area contributed by atoms with Gasteiger partial charge in [-0.2, -0.15) is 0 Å². The molecule has 2 rings (SSSR count). The van der Waals surface area contributed by atoms with Gasteiger partial charge in [-0.3, -0.25) is 10.0 Å². The number of amides is 1. The summed E-state index contributed by atoms with van der Waals surface area (Å²) in [5.74, 6) is -0.124. The van der Waals surface area contributed by atoms with E-state index in [2.05, 4.69) is 4.74 Å². The molecule has 1 heterocycles. The van der Waals surface area contributed by atoms with E-state index in [1.807, 2.05) is 4.31 Å². The predicted octanol–water partition coefficient (Wildman–Crippen LogP) is 2.58. The van der Waals surface area contributed by atoms with Gasteiger partial charge in [0.1, 0.15) is 17.6 Å². The molecular formula is C14H17F3N2O4S. The number of piperidine rings is 1. The molecule has 0 spiro atoms. The van der Waals surface area contributed by atoms with Gasteiger partial charge in [0.05, 0.1) is 5.75 Å². The Morgan fingerprint density at radius 3 is 2.38 bits per heavy atom. The average molecular weight is 366 g/mol. The molecule has 0 radical (unpaired) electrons. The highest BCUT2D eigenvalue weighted by molar-refractivity contribution is 7.97. The van der Waals surface area contributed by atoms with E-state index in [1.54, 1.807) is 5.48 Å². The Hall–Kier alpha value is -1.65. The maximum absolute atomic E-state index is 12.1. The van der Waals surface area contributed by atoms with Crippen molar-refractivity contribution < 1.29 is 32.6 Å². The minimum atomic E-state index is -4.71. The number of nitrogens with one attached hydrogen (secondary N) is 1. The lowest BCUT2D eigenvalue weighted by Crippen LogP contribution is -2.35. The van der Waals surface area contributed by atoms with Crippen LogP contribution in [0, 0.1) is 0 Å². The number of hydrogen-bond acceptors (Lipinski definition) is 6. The van der Waals surface area contributed by atoms with Crippen LogP contribution < -0.4 is 15.0 Å². The fraction of sp³-hybridized carbons (Fsp3) is 0.500. The highest BCUT2D eigenvalue weighted by Crippen LogP contribution is 2.27. The van der Waals surface area contributed by atoms with Crippen LogP contribution in [0.2, 0.25) is 0 Å². The average Bonchev–Trinajstić information content (AvgIpc) is 2.54. The van der Waals surface area contributed by atoms with Crippen LogP contribution in [0.3, 0.4) is 0 Å². The summed E-state index contributed by atoms with van der Waals surface area (Å²) in [7, 11) is 0. The summed E-state index contributed by atoms with van der Waals surface area (Å²) in [4.78, 5) is 11.0. The van der Waals surface area contributed by atoms with Crippen molar-refractivity contribution in [1.29, 1.82) is 0 Å². The maximum Gasteiger partial charge on any atom is 0.573 e. The molecule has 1 amide bonds. The fourth-order valence-electron chi connectivity index (χ4n) is 2.17. The third-order valence-corrected chi connectivity index (χ3v) is 4.39. The van der Waals surface area contributed by atoms with Crippen molar-refractivity contribution in [3.05, 3.63) is 24.3 Å². The van der Waals surface area contributed by atoms with Crippen molar-refractivity contribution in [1.82, 2.24) is 9.79 Å². The van der Waals surface area contributed by atoms with Gasteiger partial charge in [0, 0.05) is 13.1 Å². The van der Waals surface area contributed by atoms with Gasteiger partial charge >= 0.3 is 6.36 Å². The van der Waals surface area contributed by atoms with Crippen LogP contribution in [0.5, 0.6) is 11.5 Å². The minimum absolute atomic E-state index is 0.0390. The van der Waals surface area contributed by atoms with Crippen LogP contribution in [-0.2, 0) is 4.79 Å². The summed E-state index contributed by atoms with van der Waals surface area (Å²) in [6.07, 6.45) is -3.29. The SMILES string of the molecule is O=C(CSN1CCC(Oc2ccc(OC(F)(F)F)cc2)CC1)NO. The van der Waals surface area contributed by atoms with Crippen LogP contribution in [0.25, 0.3) is 0 Å². The zero-order valence-electron chi connectivity index (χ0n) is 12.6. The van der Waals surface area contributed by atoms with E-state index in [-0.39, 0.29) is 17.6 Å². The summed E-state index contributed by atoms with van der Waals surface area (Å²) >= 11 is 1.33. The molecule has 0 unspecified atom stereocenters. The molecule has 0 aromatic heterocycles. The highest BCUT2D eigenvalue weighted by atomic mass is 32.2. The summed E-state index contributed by atoms with van der Waals surface area (Å²) < 4.78 is 47.8. The van der Waals surface area contributed by atoms with Gasteiger partial charge in [-0.15, -0.1) is 13.2 Å². The standard InChI is InChI=1S/C14H17F3N2O4S/c15-14(16,17)23-12-3-1-10(2-4-12)22-11-5-7-19(8-6-11)24-9-13(20)18-21/h1-4,11,21H,5-9H2,(H,18,20). The molecule has 2 N–H and O–H groups in total. The minimum Gasteiger partial charge on any atom is -0.490 e. The van der Waals surface area contributed by atoms with Crippen LogP contribution in [0.15, 0.2) is 24.3 Å². The third kappa shape index (κ3) is 6.46. The number of carbonyl (C=O) groups excluding carboxylic acids is 1. The van der Waals surface area contributed by atoms with Crippen molar-refractivity contribution in [2.24, 2.45) is 0 Å². The summed E-state index contributed by atoms with van der Waals surface area (Å²) in [5.41, 5.74) is 1.57. The largest absolute Gasteiger partial charge is 0.573 e. The zero-order chi connectivity index (χ0) is 17.6. The third-order valence-electron chi connectivity index (χ3n) is 3.26. The molecule has 0 atom stereocenters. The molecule has 6 nitrogen and oxygen atoms in total. The lowest BCUT2D eigenvalue weighted by Gasteiger charge is -2.31. The number of halogens is 3. The predicted molar refractivity (Wildman–Crippen MR) is 80.7 cm³/mol. The summed E-state index contributed by atoms with van der Waals surface area (Å²) in [6.45, 7) is 1.42. The zero-order valence-corrected chi connectivity index (χ0v) is 13.4. The van der Waals surface area contributed by atoms with Gasteiger partial charge < -0.3 is 9.47 Å². The van der Waals surface area contributed by atoms with E-state index in [0.29, 0.717) is 18.8 Å². The Bertz CT molecular complexity index is 534. The van der Waals surface area contributed by atoms with E-state index >= 15 is 0 Å². The molecule has 1 aliphatic rings. The number of ether oxygens (including phenoxy) is 2. The van der Waals surface area contributed by atoms with E-state index in [9.17, 15) is 18.0 Å². The maximum atomic E-state index is 12.1. The second kappa shape index (κ2) is 8.45. The Balaban J connectivity index is 1.74. The number of rotatable bonds is 6. The van der Waals surface area contributed by atoms with Gasteiger partial charge in [0.25, 0.3) is 5.91 Å². The second-order valence-corrected chi connectivity index (χ2v) is 6.14. The first-order valence-corrected chi connectivity index (χ1v) is 8.13. The highest BCUT2D eigenvalue weighted by Gasteiger charge is 2.31. The van der Waals surface area contributed by atoms with Crippen LogP contribution in [0.4, 0.5) is 13.2 Å². The number of carbonyl (C=O) groups is 1. The summed E-state index contributed by atoms with van der Waals surface area (Å²) in [6, 6.07) is 5.30. The molecule has 0 saturated carbocycles. The van der Waals surface area contributed by atoms with Crippen LogP contribution in [-0.4, -0.2) is 46.7 Å². The molecule has 24 heavy (non-hydrogen) atoms. The van der Waals surface area contributed by atoms with Crippen LogP contribution in [0.1, 0.15) is 12.8 Å². The number of benzene rings is 1. The Kier molecular flexibility index (Phi) is 6.58. The molecule has 1 saturated heterocycles. The molecule has 1 aliphatic heterocycles. The Labute approximate surface area is 141 Å². The van der Waals surface area contributed by atoms with Gasteiger partial charge in [-0.25, -0.2) is 9.79 Å². The number of nitrogens with zero attached hydrogens (tertiary/aromatic N) is 1. The van der Waals surface area contributed by atoms with Gasteiger partial charge in [0.2, 0.25) is 0 Å². The molecule has 0 bridgehead atoms. The molecule has 1 aromatic rings. The summed E-state index contributed by atoms with van der Waals surface area (Å²) in [5, 5.41) is 8.43. The van der Waals surface area contributed by atoms with Crippen molar-refractivity contribution in [3.63, 3.8) is 0 Å². The first-order valence-electron chi connectivity index (χ1n) is 7.19. The molecule has 10 heteroatoms. The van der Waals surface area contributed by atoms with E-state index in [4.69, 9.17) is 9.94 Å². The van der Waals surface area contributed by atoms with E-state index in [0.717, 1.165) is 12.8 Å².